The van der Waals surface area contributed by atoms with Crippen molar-refractivity contribution < 1.29 is 0 Å². The molecule has 0 spiro atoms. The molecular weight excluding hydrogens is 146 g/mol. The maximum absolute atomic E-state index is 8.47. The summed E-state index contributed by atoms with van der Waals surface area (Å²) in [4.78, 5) is 0. The molecule has 3 unspecified atom stereocenters. The molecule has 1 fully saturated rings. The van der Waals surface area contributed by atoms with Gasteiger partial charge >= 0.3 is 0 Å². The third-order valence-corrected chi connectivity index (χ3v) is 3.14. The van der Waals surface area contributed by atoms with Crippen LogP contribution in [0.3, 0.4) is 0 Å². The standard InChI is InChI=1S/C11H13N/c1-8-9-4-5-10(7-9)11(8)3-2-6-12/h3-5,8-10H,2,7H2,1H3/b11-3-. The molecule has 2 aliphatic rings. The molecular formula is C11H13N. The number of hydrogen-bond acceptors (Lipinski definition) is 1. The van der Waals surface area contributed by atoms with Gasteiger partial charge < -0.3 is 0 Å². The smallest absolute Gasteiger partial charge is 0.0663 e. The van der Waals surface area contributed by atoms with Crippen molar-refractivity contribution in [3.8, 4) is 6.07 Å². The second-order valence-electron chi connectivity index (χ2n) is 3.75. The van der Waals surface area contributed by atoms with Crippen LogP contribution in [-0.4, -0.2) is 0 Å². The largest absolute Gasteiger partial charge is 0.198 e. The van der Waals surface area contributed by atoms with E-state index in [1.807, 2.05) is 0 Å². The topological polar surface area (TPSA) is 23.8 Å². The Morgan fingerprint density at radius 2 is 2.50 bits per heavy atom. The van der Waals surface area contributed by atoms with Crippen molar-refractivity contribution in [3.05, 3.63) is 23.8 Å². The van der Waals surface area contributed by atoms with Gasteiger partial charge in [0, 0.05) is 0 Å². The predicted molar refractivity (Wildman–Crippen MR) is 48.2 cm³/mol. The van der Waals surface area contributed by atoms with E-state index >= 15 is 0 Å². The lowest BCUT2D eigenvalue weighted by Crippen LogP contribution is -2.05. The lowest BCUT2D eigenvalue weighted by Gasteiger charge is -2.15. The first kappa shape index (κ1) is 7.61. The van der Waals surface area contributed by atoms with Gasteiger partial charge in [0.1, 0.15) is 0 Å². The van der Waals surface area contributed by atoms with Gasteiger partial charge in [-0.05, 0) is 24.2 Å². The fourth-order valence-electron chi connectivity index (χ4n) is 2.43. The maximum Gasteiger partial charge on any atom is 0.0663 e. The fourth-order valence-corrected chi connectivity index (χ4v) is 2.43. The number of nitriles is 1. The Labute approximate surface area is 73.4 Å². The number of fused-ring (bicyclic) bond motifs is 2. The average molecular weight is 159 g/mol. The van der Waals surface area contributed by atoms with Gasteiger partial charge in [-0.15, -0.1) is 0 Å². The maximum atomic E-state index is 8.47. The molecule has 2 aliphatic carbocycles. The normalized spacial score (nSPS) is 40.7. The van der Waals surface area contributed by atoms with Gasteiger partial charge in [0.15, 0.2) is 0 Å². The molecule has 0 aromatic carbocycles. The van der Waals surface area contributed by atoms with Crippen LogP contribution in [0.4, 0.5) is 0 Å². The van der Waals surface area contributed by atoms with Crippen molar-refractivity contribution in [3.63, 3.8) is 0 Å². The minimum Gasteiger partial charge on any atom is -0.198 e. The van der Waals surface area contributed by atoms with E-state index in [1.54, 1.807) is 0 Å². The lowest BCUT2D eigenvalue weighted by molar-refractivity contribution is 0.555. The summed E-state index contributed by atoms with van der Waals surface area (Å²) in [6, 6.07) is 2.17. The minimum absolute atomic E-state index is 0.580. The second kappa shape index (κ2) is 2.79. The monoisotopic (exact) mass is 159 g/mol. The van der Waals surface area contributed by atoms with Crippen LogP contribution in [0.1, 0.15) is 19.8 Å². The lowest BCUT2D eigenvalue weighted by atomic mass is 9.90. The summed E-state index contributed by atoms with van der Waals surface area (Å²) in [6.07, 6.45) is 8.63. The highest BCUT2D eigenvalue weighted by Gasteiger charge is 2.36. The molecule has 12 heavy (non-hydrogen) atoms. The van der Waals surface area contributed by atoms with Crippen LogP contribution in [-0.2, 0) is 0 Å². The van der Waals surface area contributed by atoms with Crippen LogP contribution < -0.4 is 0 Å². The van der Waals surface area contributed by atoms with Crippen LogP contribution in [0.5, 0.6) is 0 Å². The third-order valence-electron chi connectivity index (χ3n) is 3.14. The van der Waals surface area contributed by atoms with Crippen LogP contribution in [0.2, 0.25) is 0 Å². The molecule has 0 amide bonds. The van der Waals surface area contributed by atoms with Crippen molar-refractivity contribution in [2.45, 2.75) is 19.8 Å². The molecule has 3 atom stereocenters. The molecule has 1 saturated carbocycles. The van der Waals surface area contributed by atoms with E-state index in [2.05, 4.69) is 31.2 Å². The average Bonchev–Trinajstić information content (AvgIpc) is 2.62. The fraction of sp³-hybridized carbons (Fsp3) is 0.545. The molecule has 0 saturated heterocycles. The van der Waals surface area contributed by atoms with Crippen molar-refractivity contribution in [1.82, 2.24) is 0 Å². The van der Waals surface area contributed by atoms with Crippen molar-refractivity contribution in [2.24, 2.45) is 17.8 Å². The highest BCUT2D eigenvalue weighted by atomic mass is 14.4. The number of hydrogen-bond donors (Lipinski definition) is 0. The molecule has 0 N–H and O–H groups in total. The van der Waals surface area contributed by atoms with Gasteiger partial charge in [-0.3, -0.25) is 0 Å². The molecule has 2 rings (SSSR count). The predicted octanol–water partition coefficient (Wildman–Crippen LogP) is 2.67. The molecule has 0 heterocycles. The number of rotatable bonds is 1. The summed E-state index contributed by atoms with van der Waals surface area (Å²) in [7, 11) is 0. The Kier molecular flexibility index (Phi) is 1.77. The van der Waals surface area contributed by atoms with Crippen molar-refractivity contribution >= 4 is 0 Å². The quantitative estimate of drug-likeness (QED) is 0.539. The summed E-state index contributed by atoms with van der Waals surface area (Å²) in [5.41, 5.74) is 1.50. The zero-order valence-electron chi connectivity index (χ0n) is 7.33. The van der Waals surface area contributed by atoms with Gasteiger partial charge in [-0.25, -0.2) is 0 Å². The summed E-state index contributed by atoms with van der Waals surface area (Å²) in [6.45, 7) is 2.28. The van der Waals surface area contributed by atoms with Crippen molar-refractivity contribution in [2.75, 3.05) is 0 Å². The number of allylic oxidation sites excluding steroid dienone is 4. The summed E-state index contributed by atoms with van der Waals surface area (Å²) in [5.74, 6) is 2.12. The van der Waals surface area contributed by atoms with E-state index in [0.717, 1.165) is 5.92 Å². The molecule has 0 aromatic heterocycles. The van der Waals surface area contributed by atoms with E-state index in [-0.39, 0.29) is 0 Å². The summed E-state index contributed by atoms with van der Waals surface area (Å²) < 4.78 is 0. The van der Waals surface area contributed by atoms with Gasteiger partial charge in [0.25, 0.3) is 0 Å². The molecule has 62 valence electrons. The highest BCUT2D eigenvalue weighted by Crippen LogP contribution is 2.47. The second-order valence-corrected chi connectivity index (χ2v) is 3.75. The molecule has 0 aliphatic heterocycles. The molecule has 1 heteroatoms. The first-order valence-corrected chi connectivity index (χ1v) is 4.58. The van der Waals surface area contributed by atoms with Crippen LogP contribution in [0.15, 0.2) is 23.8 Å². The first-order chi connectivity index (χ1) is 5.83. The van der Waals surface area contributed by atoms with E-state index < -0.39 is 0 Å². The van der Waals surface area contributed by atoms with E-state index in [0.29, 0.717) is 18.3 Å². The highest BCUT2D eigenvalue weighted by molar-refractivity contribution is 5.30. The molecule has 0 aromatic rings. The Bertz CT molecular complexity index is 280. The SMILES string of the molecule is CC1/C(=C/CC#N)C2C=CC1C2. The van der Waals surface area contributed by atoms with Crippen LogP contribution in [0.25, 0.3) is 0 Å². The molecule has 2 bridgehead atoms. The zero-order valence-corrected chi connectivity index (χ0v) is 7.33. The Hall–Kier alpha value is -1.03. The van der Waals surface area contributed by atoms with Crippen LogP contribution >= 0.6 is 0 Å². The summed E-state index contributed by atoms with van der Waals surface area (Å²) >= 11 is 0. The van der Waals surface area contributed by atoms with Gasteiger partial charge in [-0.1, -0.05) is 30.7 Å². The van der Waals surface area contributed by atoms with Gasteiger partial charge in [-0.2, -0.15) is 5.26 Å². The minimum atomic E-state index is 0.580. The molecule has 0 radical (unpaired) electrons. The van der Waals surface area contributed by atoms with E-state index in [4.69, 9.17) is 5.26 Å². The Balaban J connectivity index is 2.19. The van der Waals surface area contributed by atoms with Gasteiger partial charge in [0.2, 0.25) is 0 Å². The molecule has 1 nitrogen and oxygen atoms in total. The first-order valence-electron chi connectivity index (χ1n) is 4.58. The van der Waals surface area contributed by atoms with E-state index in [9.17, 15) is 0 Å². The third kappa shape index (κ3) is 0.992. The summed E-state index contributed by atoms with van der Waals surface area (Å²) in [5, 5.41) is 8.47. The van der Waals surface area contributed by atoms with Crippen molar-refractivity contribution in [1.29, 1.82) is 5.26 Å². The van der Waals surface area contributed by atoms with Gasteiger partial charge in [0.05, 0.1) is 12.5 Å². The van der Waals surface area contributed by atoms with E-state index in [1.165, 1.54) is 12.0 Å². The Morgan fingerprint density at radius 3 is 3.08 bits per heavy atom. The zero-order chi connectivity index (χ0) is 8.55. The van der Waals surface area contributed by atoms with Crippen LogP contribution in [0, 0.1) is 29.1 Å². The Morgan fingerprint density at radius 1 is 1.67 bits per heavy atom. The number of nitrogens with zero attached hydrogens (tertiary/aromatic N) is 1.